The van der Waals surface area contributed by atoms with Crippen molar-refractivity contribution < 1.29 is 0 Å². The van der Waals surface area contributed by atoms with Crippen molar-refractivity contribution >= 4 is 43.2 Å². The van der Waals surface area contributed by atoms with Gasteiger partial charge >= 0.3 is 0 Å². The molecule has 0 saturated heterocycles. The molecule has 13 heavy (non-hydrogen) atoms. The molecule has 0 bridgehead atoms. The van der Waals surface area contributed by atoms with E-state index in [1.165, 1.54) is 11.1 Å². The second kappa shape index (κ2) is 3.95. The lowest BCUT2D eigenvalue weighted by Crippen LogP contribution is -1.76. The average Bonchev–Trinajstić information content (AvgIpc) is 2.61. The Morgan fingerprint density at radius 3 is 2.77 bits per heavy atom. The Labute approximate surface area is 97.9 Å². The van der Waals surface area contributed by atoms with Crippen molar-refractivity contribution in [2.24, 2.45) is 0 Å². The van der Waals surface area contributed by atoms with E-state index in [9.17, 15) is 0 Å². The highest BCUT2D eigenvalue weighted by atomic mass is 79.9. The van der Waals surface area contributed by atoms with Gasteiger partial charge in [0.05, 0.1) is 0 Å². The van der Waals surface area contributed by atoms with Crippen LogP contribution in [0.15, 0.2) is 38.6 Å². The molecule has 2 rings (SSSR count). The van der Waals surface area contributed by atoms with E-state index in [1.54, 1.807) is 11.3 Å². The highest BCUT2D eigenvalue weighted by Crippen LogP contribution is 2.31. The Morgan fingerprint density at radius 1 is 1.23 bits per heavy atom. The van der Waals surface area contributed by atoms with E-state index >= 15 is 0 Å². The Bertz CT molecular complexity index is 407. The number of hydrogen-bond acceptors (Lipinski definition) is 1. The molecular formula is C10H5Br2S. The van der Waals surface area contributed by atoms with Gasteiger partial charge in [0.25, 0.3) is 0 Å². The second-order valence-electron chi connectivity index (χ2n) is 2.58. The van der Waals surface area contributed by atoms with Crippen molar-refractivity contribution in [1.82, 2.24) is 0 Å². The SMILES string of the molecule is Brc1ccc(Br)c(-c2c[c]sc2)c1. The molecule has 0 amide bonds. The number of thiophene rings is 1. The van der Waals surface area contributed by atoms with Crippen molar-refractivity contribution in [3.63, 3.8) is 0 Å². The minimum absolute atomic E-state index is 1.09. The summed E-state index contributed by atoms with van der Waals surface area (Å²) in [5, 5.41) is 5.17. The lowest BCUT2D eigenvalue weighted by atomic mass is 10.1. The van der Waals surface area contributed by atoms with Crippen molar-refractivity contribution in [3.8, 4) is 11.1 Å². The van der Waals surface area contributed by atoms with Crippen LogP contribution in [0.3, 0.4) is 0 Å². The lowest BCUT2D eigenvalue weighted by Gasteiger charge is -2.01. The van der Waals surface area contributed by atoms with Crippen LogP contribution < -0.4 is 0 Å². The third-order valence-electron chi connectivity index (χ3n) is 1.71. The Kier molecular flexibility index (Phi) is 2.86. The first kappa shape index (κ1) is 9.44. The van der Waals surface area contributed by atoms with Crippen LogP contribution in [0.4, 0.5) is 0 Å². The monoisotopic (exact) mass is 315 g/mol. The summed E-state index contributed by atoms with van der Waals surface area (Å²) in [6.45, 7) is 0. The van der Waals surface area contributed by atoms with Gasteiger partial charge in [0, 0.05) is 14.3 Å². The molecule has 0 aliphatic heterocycles. The Morgan fingerprint density at radius 2 is 2.08 bits per heavy atom. The van der Waals surface area contributed by atoms with E-state index in [2.05, 4.69) is 48.7 Å². The van der Waals surface area contributed by atoms with Gasteiger partial charge in [0.1, 0.15) is 0 Å². The summed E-state index contributed by atoms with van der Waals surface area (Å²) in [6, 6.07) is 8.15. The van der Waals surface area contributed by atoms with Gasteiger partial charge in [0.2, 0.25) is 0 Å². The molecule has 0 nitrogen and oxygen atoms in total. The first-order valence-electron chi connectivity index (χ1n) is 3.67. The minimum Gasteiger partial charge on any atom is -0.142 e. The van der Waals surface area contributed by atoms with Crippen molar-refractivity contribution in [2.75, 3.05) is 0 Å². The summed E-state index contributed by atoms with van der Waals surface area (Å²) in [7, 11) is 0. The fourth-order valence-corrected chi connectivity index (χ4v) is 2.51. The van der Waals surface area contributed by atoms with Crippen molar-refractivity contribution in [3.05, 3.63) is 44.0 Å². The third kappa shape index (κ3) is 2.03. The molecule has 1 aromatic heterocycles. The molecule has 0 spiro atoms. The Hall–Kier alpha value is -0.120. The zero-order valence-electron chi connectivity index (χ0n) is 6.55. The van der Waals surface area contributed by atoms with Gasteiger partial charge in [-0.05, 0) is 40.8 Å². The van der Waals surface area contributed by atoms with Crippen LogP contribution in [0.2, 0.25) is 0 Å². The maximum atomic E-state index is 3.52. The number of rotatable bonds is 1. The zero-order valence-corrected chi connectivity index (χ0v) is 10.5. The van der Waals surface area contributed by atoms with Crippen LogP contribution in [-0.4, -0.2) is 0 Å². The molecule has 0 aliphatic rings. The predicted molar refractivity (Wildman–Crippen MR) is 64.0 cm³/mol. The minimum atomic E-state index is 1.09. The number of halogens is 2. The molecule has 1 aromatic carbocycles. The molecule has 0 atom stereocenters. The van der Waals surface area contributed by atoms with Gasteiger partial charge in [-0.15, -0.1) is 11.3 Å². The summed E-state index contributed by atoms with van der Waals surface area (Å²) in [5.74, 6) is 0. The molecule has 0 saturated carbocycles. The van der Waals surface area contributed by atoms with E-state index in [1.807, 2.05) is 18.2 Å². The van der Waals surface area contributed by atoms with Gasteiger partial charge in [-0.2, -0.15) is 0 Å². The predicted octanol–water partition coefficient (Wildman–Crippen LogP) is 4.74. The van der Waals surface area contributed by atoms with Crippen LogP contribution in [0.1, 0.15) is 0 Å². The standard InChI is InChI=1S/C10H5Br2S/c11-8-1-2-10(12)9(5-8)7-3-4-13-6-7/h1-3,5-6H. The summed E-state index contributed by atoms with van der Waals surface area (Å²) in [6.07, 6.45) is 0. The van der Waals surface area contributed by atoms with Gasteiger partial charge in [0.15, 0.2) is 0 Å². The van der Waals surface area contributed by atoms with Crippen LogP contribution >= 0.6 is 43.2 Å². The first-order valence-corrected chi connectivity index (χ1v) is 6.14. The van der Waals surface area contributed by atoms with Gasteiger partial charge in [-0.3, -0.25) is 0 Å². The number of benzene rings is 1. The topological polar surface area (TPSA) is 0 Å². The molecule has 0 fully saturated rings. The summed E-state index contributed by atoms with van der Waals surface area (Å²) in [4.78, 5) is 0. The smallest absolute Gasteiger partial charge is 0.0449 e. The largest absolute Gasteiger partial charge is 0.142 e. The summed E-state index contributed by atoms with van der Waals surface area (Å²) >= 11 is 8.56. The average molecular weight is 317 g/mol. The van der Waals surface area contributed by atoms with E-state index in [0.29, 0.717) is 0 Å². The lowest BCUT2D eigenvalue weighted by molar-refractivity contribution is 1.59. The van der Waals surface area contributed by atoms with Gasteiger partial charge in [-0.1, -0.05) is 31.9 Å². The summed E-state index contributed by atoms with van der Waals surface area (Å²) < 4.78 is 2.21. The van der Waals surface area contributed by atoms with Gasteiger partial charge < -0.3 is 0 Å². The molecule has 0 N–H and O–H groups in total. The van der Waals surface area contributed by atoms with Crippen LogP contribution in [0, 0.1) is 5.38 Å². The highest BCUT2D eigenvalue weighted by molar-refractivity contribution is 9.11. The van der Waals surface area contributed by atoms with E-state index in [-0.39, 0.29) is 0 Å². The summed E-state index contributed by atoms with van der Waals surface area (Å²) in [5.41, 5.74) is 2.41. The fraction of sp³-hybridized carbons (Fsp3) is 0. The molecule has 2 aromatic rings. The van der Waals surface area contributed by atoms with Gasteiger partial charge in [-0.25, -0.2) is 0 Å². The molecule has 1 heterocycles. The maximum Gasteiger partial charge on any atom is 0.0449 e. The highest BCUT2D eigenvalue weighted by Gasteiger charge is 2.03. The molecule has 3 heteroatoms. The maximum absolute atomic E-state index is 3.52. The Balaban J connectivity index is 2.57. The van der Waals surface area contributed by atoms with E-state index in [0.717, 1.165) is 8.95 Å². The fourth-order valence-electron chi connectivity index (χ4n) is 1.09. The van der Waals surface area contributed by atoms with E-state index in [4.69, 9.17) is 0 Å². The third-order valence-corrected chi connectivity index (χ3v) is 3.52. The second-order valence-corrected chi connectivity index (χ2v) is 5.05. The molecule has 0 unspecified atom stereocenters. The first-order chi connectivity index (χ1) is 6.27. The normalized spacial score (nSPS) is 10.3. The molecule has 0 aliphatic carbocycles. The van der Waals surface area contributed by atoms with Crippen molar-refractivity contribution in [1.29, 1.82) is 0 Å². The molecular weight excluding hydrogens is 312 g/mol. The van der Waals surface area contributed by atoms with Crippen LogP contribution in [-0.2, 0) is 0 Å². The number of hydrogen-bond donors (Lipinski definition) is 0. The van der Waals surface area contributed by atoms with Crippen molar-refractivity contribution in [2.45, 2.75) is 0 Å². The molecule has 1 radical (unpaired) electrons. The van der Waals surface area contributed by atoms with Crippen LogP contribution in [0.25, 0.3) is 11.1 Å². The molecule has 65 valence electrons. The quantitative estimate of drug-likeness (QED) is 0.713. The van der Waals surface area contributed by atoms with E-state index < -0.39 is 0 Å². The zero-order chi connectivity index (χ0) is 9.26. The van der Waals surface area contributed by atoms with Crippen LogP contribution in [0.5, 0.6) is 0 Å².